The summed E-state index contributed by atoms with van der Waals surface area (Å²) in [6, 6.07) is 18.7. The molecule has 1 atom stereocenters. The molecule has 3 aromatic rings. The number of ether oxygens (including phenoxy) is 2. The largest absolute Gasteiger partial charge is 0.454 e. The Labute approximate surface area is 144 Å². The summed E-state index contributed by atoms with van der Waals surface area (Å²) in [5.41, 5.74) is 1.26. The van der Waals surface area contributed by atoms with E-state index in [1.807, 2.05) is 42.5 Å². The molecule has 126 valence electrons. The van der Waals surface area contributed by atoms with E-state index in [0.29, 0.717) is 17.1 Å². The quantitative estimate of drug-likeness (QED) is 0.769. The highest BCUT2D eigenvalue weighted by molar-refractivity contribution is 5.95. The van der Waals surface area contributed by atoms with E-state index in [1.165, 1.54) is 0 Å². The van der Waals surface area contributed by atoms with Gasteiger partial charge in [0, 0.05) is 12.1 Å². The Bertz CT molecular complexity index is 933. The van der Waals surface area contributed by atoms with Crippen LogP contribution >= 0.6 is 0 Å². The fourth-order valence-electron chi connectivity index (χ4n) is 2.98. The van der Waals surface area contributed by atoms with Crippen LogP contribution in [-0.2, 0) is 0 Å². The maximum absolute atomic E-state index is 12.3. The van der Waals surface area contributed by atoms with Gasteiger partial charge < -0.3 is 19.9 Å². The number of aliphatic hydroxyl groups is 1. The SMILES string of the molecule is O=C(NC[C@@H](O)c1cccc2ccccc12)c1ccc2c(c1)OCO2. The Morgan fingerprint density at radius 1 is 1.04 bits per heavy atom. The Kier molecular flexibility index (Phi) is 3.99. The van der Waals surface area contributed by atoms with Gasteiger partial charge in [0.15, 0.2) is 11.5 Å². The van der Waals surface area contributed by atoms with Crippen LogP contribution in [0.2, 0.25) is 0 Å². The molecule has 0 aromatic heterocycles. The summed E-state index contributed by atoms with van der Waals surface area (Å²) >= 11 is 0. The van der Waals surface area contributed by atoms with E-state index in [4.69, 9.17) is 9.47 Å². The van der Waals surface area contributed by atoms with Crippen LogP contribution in [0.3, 0.4) is 0 Å². The molecule has 1 aliphatic rings. The number of amides is 1. The lowest BCUT2D eigenvalue weighted by atomic mass is 10.0. The topological polar surface area (TPSA) is 67.8 Å². The number of benzene rings is 3. The van der Waals surface area contributed by atoms with Crippen molar-refractivity contribution in [2.45, 2.75) is 6.10 Å². The molecule has 0 spiro atoms. The average Bonchev–Trinajstić information content (AvgIpc) is 3.13. The van der Waals surface area contributed by atoms with E-state index >= 15 is 0 Å². The molecular weight excluding hydrogens is 318 g/mol. The minimum absolute atomic E-state index is 0.126. The Balaban J connectivity index is 1.48. The van der Waals surface area contributed by atoms with E-state index in [1.54, 1.807) is 18.2 Å². The molecule has 2 N–H and O–H groups in total. The first-order valence-electron chi connectivity index (χ1n) is 8.06. The molecule has 3 aromatic carbocycles. The number of nitrogens with one attached hydrogen (secondary N) is 1. The van der Waals surface area contributed by atoms with Crippen LogP contribution in [0.4, 0.5) is 0 Å². The first-order chi connectivity index (χ1) is 12.2. The van der Waals surface area contributed by atoms with Crippen LogP contribution in [0.1, 0.15) is 22.0 Å². The number of carbonyl (C=O) groups excluding carboxylic acids is 1. The fourth-order valence-corrected chi connectivity index (χ4v) is 2.98. The zero-order chi connectivity index (χ0) is 17.2. The van der Waals surface area contributed by atoms with Gasteiger partial charge in [0.1, 0.15) is 0 Å². The van der Waals surface area contributed by atoms with Crippen LogP contribution in [0, 0.1) is 0 Å². The summed E-state index contributed by atoms with van der Waals surface area (Å²) in [5.74, 6) is 0.923. The van der Waals surface area contributed by atoms with Crippen molar-refractivity contribution in [3.8, 4) is 11.5 Å². The summed E-state index contributed by atoms with van der Waals surface area (Å²) < 4.78 is 10.5. The van der Waals surface area contributed by atoms with Gasteiger partial charge in [-0.15, -0.1) is 0 Å². The van der Waals surface area contributed by atoms with Crippen molar-refractivity contribution in [2.24, 2.45) is 0 Å². The monoisotopic (exact) mass is 335 g/mol. The second kappa shape index (κ2) is 6.45. The number of hydrogen-bond donors (Lipinski definition) is 2. The Morgan fingerprint density at radius 3 is 2.76 bits per heavy atom. The highest BCUT2D eigenvalue weighted by Crippen LogP contribution is 2.32. The van der Waals surface area contributed by atoms with Gasteiger partial charge in [-0.25, -0.2) is 0 Å². The second-order valence-electron chi connectivity index (χ2n) is 5.86. The van der Waals surface area contributed by atoms with Crippen LogP contribution in [0.15, 0.2) is 60.7 Å². The van der Waals surface area contributed by atoms with Crippen molar-refractivity contribution in [1.82, 2.24) is 5.32 Å². The highest BCUT2D eigenvalue weighted by atomic mass is 16.7. The van der Waals surface area contributed by atoms with Crippen molar-refractivity contribution >= 4 is 16.7 Å². The molecule has 1 amide bonds. The smallest absolute Gasteiger partial charge is 0.251 e. The highest BCUT2D eigenvalue weighted by Gasteiger charge is 2.17. The molecule has 0 unspecified atom stereocenters. The summed E-state index contributed by atoms with van der Waals surface area (Å²) in [4.78, 5) is 12.3. The van der Waals surface area contributed by atoms with Crippen molar-refractivity contribution in [2.75, 3.05) is 13.3 Å². The minimum Gasteiger partial charge on any atom is -0.454 e. The summed E-state index contributed by atoms with van der Waals surface area (Å²) in [7, 11) is 0. The number of fused-ring (bicyclic) bond motifs is 2. The number of hydrogen-bond acceptors (Lipinski definition) is 4. The van der Waals surface area contributed by atoms with Crippen molar-refractivity contribution in [3.63, 3.8) is 0 Å². The van der Waals surface area contributed by atoms with E-state index in [-0.39, 0.29) is 19.2 Å². The van der Waals surface area contributed by atoms with E-state index < -0.39 is 6.10 Å². The molecule has 5 nitrogen and oxygen atoms in total. The van der Waals surface area contributed by atoms with Gasteiger partial charge in [-0.1, -0.05) is 42.5 Å². The molecule has 25 heavy (non-hydrogen) atoms. The molecule has 0 bridgehead atoms. The van der Waals surface area contributed by atoms with Gasteiger partial charge in [0.2, 0.25) is 6.79 Å². The van der Waals surface area contributed by atoms with Gasteiger partial charge in [0.05, 0.1) is 6.10 Å². The normalized spacial score (nSPS) is 13.6. The fraction of sp³-hybridized carbons (Fsp3) is 0.150. The van der Waals surface area contributed by atoms with Crippen molar-refractivity contribution in [3.05, 3.63) is 71.8 Å². The van der Waals surface area contributed by atoms with E-state index in [0.717, 1.165) is 16.3 Å². The first kappa shape index (κ1) is 15.5. The Hall–Kier alpha value is -3.05. The van der Waals surface area contributed by atoms with Crippen LogP contribution in [0.5, 0.6) is 11.5 Å². The zero-order valence-electron chi connectivity index (χ0n) is 13.4. The second-order valence-corrected chi connectivity index (χ2v) is 5.86. The maximum Gasteiger partial charge on any atom is 0.251 e. The first-order valence-corrected chi connectivity index (χ1v) is 8.06. The van der Waals surface area contributed by atoms with E-state index in [2.05, 4.69) is 5.32 Å². The summed E-state index contributed by atoms with van der Waals surface area (Å²) in [6.07, 6.45) is -0.788. The molecule has 1 aliphatic heterocycles. The molecular formula is C20H17NO4. The summed E-state index contributed by atoms with van der Waals surface area (Å²) in [5, 5.41) is 15.3. The molecule has 0 aliphatic carbocycles. The predicted octanol–water partition coefficient (Wildman–Crippen LogP) is 3.03. The lowest BCUT2D eigenvalue weighted by Gasteiger charge is -2.15. The lowest BCUT2D eigenvalue weighted by Crippen LogP contribution is -2.28. The van der Waals surface area contributed by atoms with Gasteiger partial charge in [0.25, 0.3) is 5.91 Å². The van der Waals surface area contributed by atoms with Gasteiger partial charge in [-0.2, -0.15) is 0 Å². The van der Waals surface area contributed by atoms with Crippen molar-refractivity contribution in [1.29, 1.82) is 0 Å². The van der Waals surface area contributed by atoms with Crippen LogP contribution in [0.25, 0.3) is 10.8 Å². The van der Waals surface area contributed by atoms with Crippen LogP contribution < -0.4 is 14.8 Å². The number of rotatable bonds is 4. The van der Waals surface area contributed by atoms with Gasteiger partial charge in [-0.3, -0.25) is 4.79 Å². The number of carbonyl (C=O) groups is 1. The number of aliphatic hydroxyl groups excluding tert-OH is 1. The van der Waals surface area contributed by atoms with Crippen LogP contribution in [-0.4, -0.2) is 24.4 Å². The standard InChI is InChI=1S/C20H17NO4/c22-17(16-7-3-5-13-4-1-2-6-15(13)16)11-21-20(23)14-8-9-18-19(10-14)25-12-24-18/h1-10,17,22H,11-12H2,(H,21,23)/t17-/m1/s1. The average molecular weight is 335 g/mol. The predicted molar refractivity (Wildman–Crippen MR) is 93.8 cm³/mol. The van der Waals surface area contributed by atoms with Gasteiger partial charge >= 0.3 is 0 Å². The summed E-state index contributed by atoms with van der Waals surface area (Å²) in [6.45, 7) is 0.293. The maximum atomic E-state index is 12.3. The third-order valence-electron chi connectivity index (χ3n) is 4.27. The molecule has 0 saturated carbocycles. The lowest BCUT2D eigenvalue weighted by molar-refractivity contribution is 0.0916. The molecule has 0 fully saturated rings. The Morgan fingerprint density at radius 2 is 1.84 bits per heavy atom. The molecule has 4 rings (SSSR count). The third kappa shape index (κ3) is 3.02. The minimum atomic E-state index is -0.788. The van der Waals surface area contributed by atoms with E-state index in [9.17, 15) is 9.90 Å². The zero-order valence-corrected chi connectivity index (χ0v) is 13.4. The molecule has 5 heteroatoms. The van der Waals surface area contributed by atoms with Crippen molar-refractivity contribution < 1.29 is 19.4 Å². The molecule has 1 heterocycles. The molecule has 0 saturated heterocycles. The van der Waals surface area contributed by atoms with Gasteiger partial charge in [-0.05, 0) is 34.5 Å². The third-order valence-corrected chi connectivity index (χ3v) is 4.27. The molecule has 0 radical (unpaired) electrons.